The Kier molecular flexibility index (Phi) is 5.59. The summed E-state index contributed by atoms with van der Waals surface area (Å²) in [6, 6.07) is 7.79. The van der Waals surface area contributed by atoms with Gasteiger partial charge in [0.1, 0.15) is 0 Å². The molecule has 0 aliphatic rings. The molecule has 0 aliphatic heterocycles. The second-order valence-electron chi connectivity index (χ2n) is 6.02. The zero-order valence-corrected chi connectivity index (χ0v) is 13.8. The van der Waals surface area contributed by atoms with Gasteiger partial charge >= 0.3 is 0 Å². The minimum absolute atomic E-state index is 0.267. The highest BCUT2D eigenvalue weighted by atomic mass is 32.2. The summed E-state index contributed by atoms with van der Waals surface area (Å²) >= 11 is 0. The van der Waals surface area contributed by atoms with Gasteiger partial charge in [0, 0.05) is 11.7 Å². The largest absolute Gasteiger partial charge is 0.310 e. The molecule has 0 saturated heterocycles. The van der Waals surface area contributed by atoms with Gasteiger partial charge in [0.05, 0.1) is 4.75 Å². The van der Waals surface area contributed by atoms with Crippen LogP contribution < -0.4 is 10.0 Å². The smallest absolute Gasteiger partial charge is 0.237 e. The third-order valence-corrected chi connectivity index (χ3v) is 5.29. The highest BCUT2D eigenvalue weighted by molar-refractivity contribution is 7.94. The normalized spacial score (nSPS) is 14.1. The molecule has 0 spiro atoms. The monoisotopic (exact) mass is 298 g/mol. The fourth-order valence-corrected chi connectivity index (χ4v) is 2.38. The molecule has 0 amide bonds. The van der Waals surface area contributed by atoms with Gasteiger partial charge < -0.3 is 5.32 Å². The summed E-state index contributed by atoms with van der Waals surface area (Å²) in [5.41, 5.74) is 1.75. The van der Waals surface area contributed by atoms with Crippen LogP contribution in [0.1, 0.15) is 52.6 Å². The maximum absolute atomic E-state index is 12.1. The van der Waals surface area contributed by atoms with E-state index in [4.69, 9.17) is 0 Å². The van der Waals surface area contributed by atoms with Crippen LogP contribution in [0, 0.1) is 0 Å². The second kappa shape index (κ2) is 6.59. The maximum Gasteiger partial charge on any atom is 0.237 e. The van der Waals surface area contributed by atoms with Crippen molar-refractivity contribution in [2.45, 2.75) is 51.8 Å². The van der Waals surface area contributed by atoms with Crippen LogP contribution in [0.2, 0.25) is 0 Å². The lowest BCUT2D eigenvalue weighted by Crippen LogP contribution is -2.33. The first-order chi connectivity index (χ1) is 9.17. The van der Waals surface area contributed by atoms with E-state index in [0.29, 0.717) is 5.69 Å². The highest BCUT2D eigenvalue weighted by Crippen LogP contribution is 2.21. The number of anilines is 1. The molecular formula is C15H26N2O2S. The van der Waals surface area contributed by atoms with Crippen LogP contribution >= 0.6 is 0 Å². The molecule has 0 aliphatic carbocycles. The molecule has 0 saturated carbocycles. The van der Waals surface area contributed by atoms with Gasteiger partial charge in [-0.2, -0.15) is 0 Å². The minimum atomic E-state index is -3.36. The van der Waals surface area contributed by atoms with E-state index < -0.39 is 14.8 Å². The van der Waals surface area contributed by atoms with Crippen LogP contribution in [0.4, 0.5) is 5.69 Å². The molecule has 0 fully saturated rings. The predicted octanol–water partition coefficient (Wildman–Crippen LogP) is 3.29. The van der Waals surface area contributed by atoms with Gasteiger partial charge in [-0.1, -0.05) is 19.1 Å². The van der Waals surface area contributed by atoms with Crippen molar-refractivity contribution in [3.8, 4) is 0 Å². The average molecular weight is 298 g/mol. The number of nitrogens with one attached hydrogen (secondary N) is 2. The molecule has 1 unspecified atom stereocenters. The van der Waals surface area contributed by atoms with Crippen LogP contribution in [0.3, 0.4) is 0 Å². The van der Waals surface area contributed by atoms with Crippen LogP contribution in [0.5, 0.6) is 0 Å². The summed E-state index contributed by atoms with van der Waals surface area (Å²) in [7, 11) is -3.36. The Balaban J connectivity index is 2.78. The van der Waals surface area contributed by atoms with Gasteiger partial charge in [-0.25, -0.2) is 8.42 Å². The Hall–Kier alpha value is -1.07. The Bertz CT molecular complexity index is 516. The van der Waals surface area contributed by atoms with Crippen molar-refractivity contribution in [3.05, 3.63) is 29.8 Å². The fraction of sp³-hybridized carbons (Fsp3) is 0.600. The predicted molar refractivity (Wildman–Crippen MR) is 85.4 cm³/mol. The van der Waals surface area contributed by atoms with Crippen molar-refractivity contribution in [2.24, 2.45) is 0 Å². The lowest BCUT2D eigenvalue weighted by molar-refractivity contribution is 0.566. The molecule has 20 heavy (non-hydrogen) atoms. The summed E-state index contributed by atoms with van der Waals surface area (Å²) in [4.78, 5) is 0. The fourth-order valence-electron chi connectivity index (χ4n) is 1.63. The molecule has 1 aromatic rings. The number of hydrogen-bond acceptors (Lipinski definition) is 3. The molecule has 2 N–H and O–H groups in total. The van der Waals surface area contributed by atoms with E-state index in [2.05, 4.69) is 23.9 Å². The number of sulfonamides is 1. The molecule has 4 nitrogen and oxygen atoms in total. The summed E-state index contributed by atoms with van der Waals surface area (Å²) in [5.74, 6) is 0. The Morgan fingerprint density at radius 3 is 2.15 bits per heavy atom. The van der Waals surface area contributed by atoms with Crippen LogP contribution in [-0.4, -0.2) is 19.7 Å². The Morgan fingerprint density at radius 2 is 1.70 bits per heavy atom. The third-order valence-electron chi connectivity index (χ3n) is 3.17. The maximum atomic E-state index is 12.1. The summed E-state index contributed by atoms with van der Waals surface area (Å²) in [5, 5.41) is 3.40. The second-order valence-corrected chi connectivity index (χ2v) is 8.45. The van der Waals surface area contributed by atoms with Gasteiger partial charge in [0.15, 0.2) is 0 Å². The van der Waals surface area contributed by atoms with E-state index in [1.165, 1.54) is 0 Å². The zero-order valence-electron chi connectivity index (χ0n) is 13.0. The molecule has 1 aromatic carbocycles. The zero-order chi connectivity index (χ0) is 15.4. The molecule has 0 heterocycles. The van der Waals surface area contributed by atoms with Crippen molar-refractivity contribution in [1.82, 2.24) is 5.32 Å². The van der Waals surface area contributed by atoms with E-state index in [-0.39, 0.29) is 6.04 Å². The van der Waals surface area contributed by atoms with Gasteiger partial charge in [-0.05, 0) is 58.4 Å². The topological polar surface area (TPSA) is 58.2 Å². The van der Waals surface area contributed by atoms with Crippen LogP contribution in [-0.2, 0) is 10.0 Å². The van der Waals surface area contributed by atoms with Crippen molar-refractivity contribution in [3.63, 3.8) is 0 Å². The van der Waals surface area contributed by atoms with Gasteiger partial charge in [-0.3, -0.25) is 4.72 Å². The first kappa shape index (κ1) is 17.0. The SMILES string of the molecule is CCCNC(C)c1ccc(NS(=O)(=O)C(C)(C)C)cc1. The van der Waals surface area contributed by atoms with E-state index >= 15 is 0 Å². The van der Waals surface area contributed by atoms with E-state index in [1.807, 2.05) is 24.3 Å². The number of hydrogen-bond donors (Lipinski definition) is 2. The highest BCUT2D eigenvalue weighted by Gasteiger charge is 2.28. The quantitative estimate of drug-likeness (QED) is 0.847. The lowest BCUT2D eigenvalue weighted by Gasteiger charge is -2.21. The molecule has 1 atom stereocenters. The molecule has 114 valence electrons. The van der Waals surface area contributed by atoms with Gasteiger partial charge in [-0.15, -0.1) is 0 Å². The van der Waals surface area contributed by atoms with Crippen molar-refractivity contribution in [1.29, 1.82) is 0 Å². The Labute approximate surface area is 123 Å². The van der Waals surface area contributed by atoms with Crippen molar-refractivity contribution >= 4 is 15.7 Å². The first-order valence-electron chi connectivity index (χ1n) is 7.03. The third kappa shape index (κ3) is 4.49. The summed E-state index contributed by atoms with van der Waals surface area (Å²) in [6.45, 7) is 10.2. The van der Waals surface area contributed by atoms with E-state index in [1.54, 1.807) is 20.8 Å². The van der Waals surface area contributed by atoms with Crippen molar-refractivity contribution < 1.29 is 8.42 Å². The summed E-state index contributed by atoms with van der Waals surface area (Å²) < 4.78 is 25.9. The standard InChI is InChI=1S/C15H26N2O2S/c1-6-11-16-12(2)13-7-9-14(10-8-13)17-20(18,19)15(3,4)5/h7-10,12,16-17H,6,11H2,1-5H3. The first-order valence-corrected chi connectivity index (χ1v) is 8.51. The van der Waals surface area contributed by atoms with E-state index in [9.17, 15) is 8.42 Å². The molecule has 1 rings (SSSR count). The van der Waals surface area contributed by atoms with Crippen LogP contribution in [0.25, 0.3) is 0 Å². The van der Waals surface area contributed by atoms with Crippen LogP contribution in [0.15, 0.2) is 24.3 Å². The molecule has 0 aromatic heterocycles. The molecule has 0 radical (unpaired) electrons. The number of benzene rings is 1. The number of rotatable bonds is 6. The Morgan fingerprint density at radius 1 is 1.15 bits per heavy atom. The molecule has 5 heteroatoms. The van der Waals surface area contributed by atoms with Gasteiger partial charge in [0.25, 0.3) is 0 Å². The average Bonchev–Trinajstić information content (AvgIpc) is 2.35. The molecule has 0 bridgehead atoms. The minimum Gasteiger partial charge on any atom is -0.310 e. The van der Waals surface area contributed by atoms with Crippen molar-refractivity contribution in [2.75, 3.05) is 11.3 Å². The van der Waals surface area contributed by atoms with E-state index in [0.717, 1.165) is 18.5 Å². The van der Waals surface area contributed by atoms with Gasteiger partial charge in [0.2, 0.25) is 10.0 Å². The molecular weight excluding hydrogens is 272 g/mol. The summed E-state index contributed by atoms with van der Waals surface area (Å²) in [6.07, 6.45) is 1.09. The lowest BCUT2D eigenvalue weighted by atomic mass is 10.1.